The molecule has 0 N–H and O–H groups in total. The summed E-state index contributed by atoms with van der Waals surface area (Å²) in [7, 11) is 0. The van der Waals surface area contributed by atoms with Gasteiger partial charge in [0.2, 0.25) is 0 Å². The Balaban J connectivity index is 1.46. The zero-order valence-corrected chi connectivity index (χ0v) is 21.9. The fourth-order valence-electron chi connectivity index (χ4n) is 5.90. The van der Waals surface area contributed by atoms with Gasteiger partial charge in [0.15, 0.2) is 12.1 Å². The van der Waals surface area contributed by atoms with Gasteiger partial charge in [-0.2, -0.15) is 26.3 Å². The number of alkyl halides is 6. The molecule has 0 aliphatic carbocycles. The largest absolute Gasteiger partial charge is 0.416 e. The van der Waals surface area contributed by atoms with Gasteiger partial charge in [0.05, 0.1) is 30.4 Å². The quantitative estimate of drug-likeness (QED) is 0.397. The molecule has 5 rings (SSSR count). The van der Waals surface area contributed by atoms with Crippen molar-refractivity contribution in [3.8, 4) is 0 Å². The lowest BCUT2D eigenvalue weighted by molar-refractivity contribution is -0.217. The minimum Gasteiger partial charge on any atom is -0.372 e. The number of carbonyl (C=O) groups excluding carboxylic acids is 1. The van der Waals surface area contributed by atoms with Gasteiger partial charge in [0.1, 0.15) is 6.61 Å². The van der Waals surface area contributed by atoms with Gasteiger partial charge in [0.25, 0.3) is 0 Å². The summed E-state index contributed by atoms with van der Waals surface area (Å²) >= 11 is 0. The van der Waals surface area contributed by atoms with E-state index in [0.717, 1.165) is 16.8 Å². The first kappa shape index (κ1) is 28.6. The van der Waals surface area contributed by atoms with Gasteiger partial charge < -0.3 is 19.1 Å². The number of nitrogens with zero attached hydrogens (tertiary/aromatic N) is 1. The topological polar surface area (TPSA) is 48.0 Å². The summed E-state index contributed by atoms with van der Waals surface area (Å²) in [6.07, 6.45) is -10.4. The third-order valence-electron chi connectivity index (χ3n) is 7.91. The van der Waals surface area contributed by atoms with E-state index in [2.05, 4.69) is 4.90 Å². The summed E-state index contributed by atoms with van der Waals surface area (Å²) in [6.45, 7) is 5.21. The highest BCUT2D eigenvalue weighted by Gasteiger charge is 2.48. The van der Waals surface area contributed by atoms with E-state index in [9.17, 15) is 31.1 Å². The van der Waals surface area contributed by atoms with Crippen LogP contribution in [0.2, 0.25) is 0 Å². The van der Waals surface area contributed by atoms with Gasteiger partial charge in [-0.1, -0.05) is 24.3 Å². The van der Waals surface area contributed by atoms with Crippen LogP contribution in [0.15, 0.2) is 54.2 Å². The summed E-state index contributed by atoms with van der Waals surface area (Å²) in [5, 5.41) is 0. The van der Waals surface area contributed by atoms with Crippen LogP contribution in [0, 0.1) is 18.8 Å². The minimum absolute atomic E-state index is 0.00257. The van der Waals surface area contributed by atoms with E-state index in [1.165, 1.54) is 6.92 Å². The average molecular weight is 570 g/mol. The molecular weight excluding hydrogens is 540 g/mol. The van der Waals surface area contributed by atoms with Crippen molar-refractivity contribution in [3.63, 3.8) is 0 Å². The lowest BCUT2D eigenvalue weighted by atomic mass is 9.76. The maximum Gasteiger partial charge on any atom is 0.416 e. The first-order chi connectivity index (χ1) is 18.8. The number of rotatable bonds is 5. The molecule has 3 aliphatic rings. The van der Waals surface area contributed by atoms with Crippen molar-refractivity contribution in [1.29, 1.82) is 0 Å². The predicted molar refractivity (Wildman–Crippen MR) is 132 cm³/mol. The molecular formula is C29H29F6NO4. The number of aryl methyl sites for hydroxylation is 1. The fourth-order valence-corrected chi connectivity index (χ4v) is 5.90. The summed E-state index contributed by atoms with van der Waals surface area (Å²) in [5.41, 5.74) is -0.351. The molecule has 40 heavy (non-hydrogen) atoms. The SMILES string of the molecule is Cc1ccccc1[C@H]1C2CN(C3=CC(=O)COC3)C[C@H]2CO[C@@H]1O[C@H](C)c1cc(C(F)(F)F)cc(C(F)(F)F)c1. The highest BCUT2D eigenvalue weighted by molar-refractivity contribution is 5.92. The fraction of sp³-hybridized carbons (Fsp3) is 0.483. The van der Waals surface area contributed by atoms with E-state index in [1.807, 2.05) is 31.2 Å². The van der Waals surface area contributed by atoms with Crippen molar-refractivity contribution < 1.29 is 45.3 Å². The van der Waals surface area contributed by atoms with Crippen LogP contribution in [-0.4, -0.2) is 49.9 Å². The first-order valence-corrected chi connectivity index (χ1v) is 13.0. The van der Waals surface area contributed by atoms with Gasteiger partial charge in [-0.15, -0.1) is 0 Å². The molecule has 5 atom stereocenters. The second-order valence-corrected chi connectivity index (χ2v) is 10.6. The summed E-state index contributed by atoms with van der Waals surface area (Å²) in [6, 6.07) is 9.12. The maximum atomic E-state index is 13.5. The van der Waals surface area contributed by atoms with Gasteiger partial charge in [-0.3, -0.25) is 4.79 Å². The van der Waals surface area contributed by atoms with Crippen molar-refractivity contribution >= 4 is 5.78 Å². The van der Waals surface area contributed by atoms with Crippen molar-refractivity contribution in [2.75, 3.05) is 32.9 Å². The van der Waals surface area contributed by atoms with Gasteiger partial charge >= 0.3 is 12.4 Å². The normalized spacial score (nSPS) is 26.4. The lowest BCUT2D eigenvalue weighted by Gasteiger charge is -2.41. The minimum atomic E-state index is -4.96. The van der Waals surface area contributed by atoms with Crippen LogP contribution in [0.5, 0.6) is 0 Å². The Bertz CT molecular complexity index is 1260. The lowest BCUT2D eigenvalue weighted by Crippen LogP contribution is -2.42. The molecule has 0 amide bonds. The number of ether oxygens (including phenoxy) is 3. The Kier molecular flexibility index (Phi) is 7.75. The van der Waals surface area contributed by atoms with E-state index in [4.69, 9.17) is 14.2 Å². The van der Waals surface area contributed by atoms with Crippen molar-refractivity contribution in [2.45, 2.75) is 44.5 Å². The molecule has 3 aliphatic heterocycles. The Morgan fingerprint density at radius 2 is 1.65 bits per heavy atom. The van der Waals surface area contributed by atoms with E-state index in [-0.39, 0.29) is 41.8 Å². The van der Waals surface area contributed by atoms with Crippen LogP contribution in [0.25, 0.3) is 0 Å². The molecule has 2 aromatic carbocycles. The Hall–Kier alpha value is -2.89. The van der Waals surface area contributed by atoms with Crippen molar-refractivity contribution in [2.24, 2.45) is 11.8 Å². The van der Waals surface area contributed by atoms with Crippen LogP contribution >= 0.6 is 0 Å². The molecule has 2 fully saturated rings. The summed E-state index contributed by atoms with van der Waals surface area (Å²) in [5.74, 6) is -0.390. The van der Waals surface area contributed by atoms with E-state index in [1.54, 1.807) is 6.08 Å². The molecule has 5 nitrogen and oxygen atoms in total. The standard InChI is InChI=1S/C29H29F6NO4/c1-16-5-3-4-6-24(16)26-25-12-36(22-10-23(37)15-38-14-22)11-19(25)13-39-27(26)40-17(2)18-7-20(28(30,31)32)9-21(8-18)29(33,34)35/h3-10,17,19,25-27H,11-15H2,1-2H3/t17-,19+,25?,26+,27-/m1/s1. The molecule has 0 aromatic heterocycles. The second-order valence-electron chi connectivity index (χ2n) is 10.6. The van der Waals surface area contributed by atoms with E-state index < -0.39 is 35.9 Å². The Morgan fingerprint density at radius 1 is 0.975 bits per heavy atom. The predicted octanol–water partition coefficient (Wildman–Crippen LogP) is 6.28. The number of benzene rings is 2. The van der Waals surface area contributed by atoms with Crippen molar-refractivity contribution in [1.82, 2.24) is 4.90 Å². The van der Waals surface area contributed by atoms with E-state index >= 15 is 0 Å². The van der Waals surface area contributed by atoms with Crippen molar-refractivity contribution in [3.05, 3.63) is 82.1 Å². The molecule has 0 spiro atoms. The van der Waals surface area contributed by atoms with Crippen LogP contribution in [-0.2, 0) is 31.4 Å². The molecule has 2 saturated heterocycles. The van der Waals surface area contributed by atoms with Crippen LogP contribution < -0.4 is 0 Å². The third kappa shape index (κ3) is 5.91. The zero-order valence-electron chi connectivity index (χ0n) is 21.9. The number of hydrogen-bond acceptors (Lipinski definition) is 5. The number of carbonyl (C=O) groups is 1. The van der Waals surface area contributed by atoms with Crippen LogP contribution in [0.1, 0.15) is 46.8 Å². The second kappa shape index (κ2) is 10.8. The number of halogens is 6. The average Bonchev–Trinajstić information content (AvgIpc) is 3.32. The summed E-state index contributed by atoms with van der Waals surface area (Å²) < 4.78 is 98.6. The molecule has 2 aromatic rings. The molecule has 0 saturated carbocycles. The zero-order chi connectivity index (χ0) is 28.8. The van der Waals surface area contributed by atoms with Gasteiger partial charge in [-0.25, -0.2) is 0 Å². The molecule has 0 radical (unpaired) electrons. The molecule has 1 unspecified atom stereocenters. The third-order valence-corrected chi connectivity index (χ3v) is 7.91. The van der Waals surface area contributed by atoms with Gasteiger partial charge in [0, 0.05) is 36.7 Å². The Labute approximate surface area is 227 Å². The smallest absolute Gasteiger partial charge is 0.372 e. The van der Waals surface area contributed by atoms with Crippen LogP contribution in [0.3, 0.4) is 0 Å². The van der Waals surface area contributed by atoms with Crippen LogP contribution in [0.4, 0.5) is 26.3 Å². The molecule has 3 heterocycles. The van der Waals surface area contributed by atoms with Gasteiger partial charge in [-0.05, 0) is 54.7 Å². The molecule has 11 heteroatoms. The van der Waals surface area contributed by atoms with E-state index in [0.29, 0.717) is 38.4 Å². The number of ketones is 1. The maximum absolute atomic E-state index is 13.5. The number of hydrogen-bond donors (Lipinski definition) is 0. The highest BCUT2D eigenvalue weighted by Crippen LogP contribution is 2.47. The Morgan fingerprint density at radius 3 is 2.27 bits per heavy atom. The number of fused-ring (bicyclic) bond motifs is 1. The molecule has 0 bridgehead atoms. The monoisotopic (exact) mass is 569 g/mol. The number of likely N-dealkylation sites (tertiary alicyclic amines) is 1. The summed E-state index contributed by atoms with van der Waals surface area (Å²) in [4.78, 5) is 14.0. The first-order valence-electron chi connectivity index (χ1n) is 13.0. The highest BCUT2D eigenvalue weighted by atomic mass is 19.4. The molecule has 216 valence electrons.